The summed E-state index contributed by atoms with van der Waals surface area (Å²) in [5, 5.41) is 9.30. The maximum atomic E-state index is 9.30. The molecule has 0 amide bonds. The second kappa shape index (κ2) is 4.15. The summed E-state index contributed by atoms with van der Waals surface area (Å²) in [7, 11) is 0. The van der Waals surface area contributed by atoms with Gasteiger partial charge in [-0.3, -0.25) is 0 Å². The zero-order valence-corrected chi connectivity index (χ0v) is 8.66. The molecule has 68 valence electrons. The van der Waals surface area contributed by atoms with E-state index in [1.54, 1.807) is 0 Å². The summed E-state index contributed by atoms with van der Waals surface area (Å²) >= 11 is 16.3. The maximum Gasteiger partial charge on any atom is 0.217 e. The van der Waals surface area contributed by atoms with Crippen LogP contribution in [0.5, 0.6) is 0 Å². The molecule has 0 saturated heterocycles. The second-order valence-electron chi connectivity index (χ2n) is 2.81. The molecule has 2 unspecified atom stereocenters. The van der Waals surface area contributed by atoms with Crippen LogP contribution in [0.1, 0.15) is 13.8 Å². The Hall–Kier alpha value is 0.790. The second-order valence-corrected chi connectivity index (χ2v) is 5.18. The van der Waals surface area contributed by atoms with Crippen molar-refractivity contribution < 1.29 is 5.11 Å². The van der Waals surface area contributed by atoms with Crippen LogP contribution in [0.3, 0.4) is 0 Å². The van der Waals surface area contributed by atoms with E-state index in [9.17, 15) is 5.11 Å². The van der Waals surface area contributed by atoms with Crippen LogP contribution in [0.4, 0.5) is 0 Å². The Kier molecular flexibility index (Phi) is 4.45. The van der Waals surface area contributed by atoms with E-state index in [0.717, 1.165) is 0 Å². The van der Waals surface area contributed by atoms with Crippen molar-refractivity contribution >= 4 is 34.8 Å². The average molecular weight is 221 g/mol. The Morgan fingerprint density at radius 2 is 1.64 bits per heavy atom. The largest absolute Gasteiger partial charge is 0.387 e. The van der Waals surface area contributed by atoms with Crippen LogP contribution >= 0.6 is 34.8 Å². The van der Waals surface area contributed by atoms with E-state index in [4.69, 9.17) is 40.5 Å². The SMILES string of the molecule is CC(C)C(N)C(O)C(Cl)(Cl)Cl. The number of hydrogen-bond donors (Lipinski definition) is 2. The van der Waals surface area contributed by atoms with Crippen molar-refractivity contribution in [2.24, 2.45) is 11.7 Å². The van der Waals surface area contributed by atoms with Crippen molar-refractivity contribution in [3.05, 3.63) is 0 Å². The van der Waals surface area contributed by atoms with Gasteiger partial charge in [-0.1, -0.05) is 48.7 Å². The Bertz CT molecular complexity index is 123. The van der Waals surface area contributed by atoms with Gasteiger partial charge in [0.2, 0.25) is 3.79 Å². The third-order valence-electron chi connectivity index (χ3n) is 1.47. The molecular weight excluding hydrogens is 208 g/mol. The molecule has 3 N–H and O–H groups in total. The highest BCUT2D eigenvalue weighted by molar-refractivity contribution is 6.68. The molecule has 0 aliphatic heterocycles. The van der Waals surface area contributed by atoms with Crippen LogP contribution in [0.25, 0.3) is 0 Å². The summed E-state index contributed by atoms with van der Waals surface area (Å²) in [5.74, 6) is 0.0839. The van der Waals surface area contributed by atoms with Gasteiger partial charge in [0.15, 0.2) is 0 Å². The fourth-order valence-electron chi connectivity index (χ4n) is 0.583. The summed E-state index contributed by atoms with van der Waals surface area (Å²) in [6.07, 6.45) is -1.12. The summed E-state index contributed by atoms with van der Waals surface area (Å²) < 4.78 is -1.69. The van der Waals surface area contributed by atoms with Gasteiger partial charge in [-0.25, -0.2) is 0 Å². The van der Waals surface area contributed by atoms with E-state index in [2.05, 4.69) is 0 Å². The normalized spacial score (nSPS) is 18.5. The molecule has 0 spiro atoms. The molecule has 0 aliphatic carbocycles. The lowest BCUT2D eigenvalue weighted by molar-refractivity contribution is 0.128. The molecule has 0 radical (unpaired) electrons. The van der Waals surface area contributed by atoms with Gasteiger partial charge in [-0.2, -0.15) is 0 Å². The van der Waals surface area contributed by atoms with E-state index >= 15 is 0 Å². The molecular formula is C6H12Cl3NO. The van der Waals surface area contributed by atoms with Crippen molar-refractivity contribution in [2.75, 3.05) is 0 Å². The molecule has 2 nitrogen and oxygen atoms in total. The van der Waals surface area contributed by atoms with Gasteiger partial charge in [0.1, 0.15) is 6.10 Å². The van der Waals surface area contributed by atoms with Gasteiger partial charge in [0.25, 0.3) is 0 Å². The van der Waals surface area contributed by atoms with Crippen LogP contribution < -0.4 is 5.73 Å². The van der Waals surface area contributed by atoms with Crippen LogP contribution in [-0.2, 0) is 0 Å². The Labute approximate surface area is 81.6 Å². The Balaban J connectivity index is 4.13. The van der Waals surface area contributed by atoms with E-state index in [-0.39, 0.29) is 5.92 Å². The summed E-state index contributed by atoms with van der Waals surface area (Å²) in [4.78, 5) is 0. The summed E-state index contributed by atoms with van der Waals surface area (Å²) in [6, 6.07) is -0.512. The number of aliphatic hydroxyl groups is 1. The molecule has 0 aromatic heterocycles. The topological polar surface area (TPSA) is 46.2 Å². The van der Waals surface area contributed by atoms with Crippen LogP contribution in [0.2, 0.25) is 0 Å². The van der Waals surface area contributed by atoms with E-state index < -0.39 is 15.9 Å². The Morgan fingerprint density at radius 3 is 1.73 bits per heavy atom. The molecule has 11 heavy (non-hydrogen) atoms. The highest BCUT2D eigenvalue weighted by atomic mass is 35.6. The zero-order valence-electron chi connectivity index (χ0n) is 6.39. The predicted octanol–water partition coefficient (Wildman–Crippen LogP) is 1.70. The maximum absolute atomic E-state index is 9.30. The highest BCUT2D eigenvalue weighted by Gasteiger charge is 2.36. The third-order valence-corrected chi connectivity index (χ3v) is 2.14. The molecule has 0 aromatic carbocycles. The smallest absolute Gasteiger partial charge is 0.217 e. The minimum absolute atomic E-state index is 0.0839. The van der Waals surface area contributed by atoms with Crippen molar-refractivity contribution in [3.63, 3.8) is 0 Å². The fourth-order valence-corrected chi connectivity index (χ4v) is 1.02. The molecule has 5 heteroatoms. The first-order valence-corrected chi connectivity index (χ1v) is 4.40. The van der Waals surface area contributed by atoms with Gasteiger partial charge in [0, 0.05) is 6.04 Å². The van der Waals surface area contributed by atoms with Crippen molar-refractivity contribution in [3.8, 4) is 0 Å². The lowest BCUT2D eigenvalue weighted by Crippen LogP contribution is -2.46. The molecule has 0 saturated carbocycles. The van der Waals surface area contributed by atoms with Gasteiger partial charge < -0.3 is 10.8 Å². The van der Waals surface area contributed by atoms with E-state index in [0.29, 0.717) is 0 Å². The number of rotatable bonds is 2. The average Bonchev–Trinajstić information content (AvgIpc) is 1.82. The minimum atomic E-state index is -1.69. The number of nitrogens with two attached hydrogens (primary N) is 1. The lowest BCUT2D eigenvalue weighted by atomic mass is 10.0. The molecule has 2 atom stereocenters. The molecule has 0 heterocycles. The Morgan fingerprint density at radius 1 is 1.27 bits per heavy atom. The molecule has 0 aliphatic rings. The number of halogens is 3. The van der Waals surface area contributed by atoms with Gasteiger partial charge in [-0.05, 0) is 5.92 Å². The molecule has 0 fully saturated rings. The first kappa shape index (κ1) is 11.8. The number of hydrogen-bond acceptors (Lipinski definition) is 2. The van der Waals surface area contributed by atoms with Gasteiger partial charge in [0.05, 0.1) is 0 Å². The summed E-state index contributed by atoms with van der Waals surface area (Å²) in [5.41, 5.74) is 5.54. The minimum Gasteiger partial charge on any atom is -0.387 e. The number of alkyl halides is 3. The zero-order chi connectivity index (χ0) is 9.23. The van der Waals surface area contributed by atoms with Crippen molar-refractivity contribution in [2.45, 2.75) is 29.8 Å². The third kappa shape index (κ3) is 3.81. The van der Waals surface area contributed by atoms with Crippen molar-refractivity contribution in [1.29, 1.82) is 0 Å². The van der Waals surface area contributed by atoms with Gasteiger partial charge in [-0.15, -0.1) is 0 Å². The predicted molar refractivity (Wildman–Crippen MR) is 49.1 cm³/mol. The number of aliphatic hydroxyl groups excluding tert-OH is 1. The van der Waals surface area contributed by atoms with Crippen LogP contribution in [0, 0.1) is 5.92 Å². The van der Waals surface area contributed by atoms with Gasteiger partial charge >= 0.3 is 0 Å². The monoisotopic (exact) mass is 219 g/mol. The standard InChI is InChI=1S/C6H12Cl3NO/c1-3(2)4(10)5(11)6(7,8)9/h3-5,11H,10H2,1-2H3. The lowest BCUT2D eigenvalue weighted by Gasteiger charge is -2.27. The first-order valence-electron chi connectivity index (χ1n) is 3.27. The molecule has 0 bridgehead atoms. The summed E-state index contributed by atoms with van der Waals surface area (Å²) in [6.45, 7) is 3.70. The van der Waals surface area contributed by atoms with Crippen molar-refractivity contribution in [1.82, 2.24) is 0 Å². The van der Waals surface area contributed by atoms with Crippen LogP contribution in [0.15, 0.2) is 0 Å². The first-order chi connectivity index (χ1) is 4.76. The van der Waals surface area contributed by atoms with E-state index in [1.807, 2.05) is 13.8 Å². The highest BCUT2D eigenvalue weighted by Crippen LogP contribution is 2.32. The fraction of sp³-hybridized carbons (Fsp3) is 1.00. The van der Waals surface area contributed by atoms with Crippen LogP contribution in [-0.4, -0.2) is 21.0 Å². The molecule has 0 rings (SSSR count). The quantitative estimate of drug-likeness (QED) is 0.696. The van der Waals surface area contributed by atoms with E-state index in [1.165, 1.54) is 0 Å². The molecule has 0 aromatic rings.